The number of ether oxygens (including phenoxy) is 1. The van der Waals surface area contributed by atoms with Crippen molar-refractivity contribution < 1.29 is 19.0 Å². The number of amides is 1. The third-order valence-corrected chi connectivity index (χ3v) is 3.98. The standard InChI is InChI=1S/C14H14ClFN4O3/c15-9-2-1-3-11(12(9)16)20-6-10(18-19-20)13(22)17-14(7-21)4-5-23-8-14/h1-3,6,21H,4-5,7-8H2,(H,17,22). The van der Waals surface area contributed by atoms with E-state index in [-0.39, 0.29) is 29.6 Å². The Morgan fingerprint density at radius 2 is 2.39 bits per heavy atom. The first-order valence-corrected chi connectivity index (χ1v) is 7.30. The summed E-state index contributed by atoms with van der Waals surface area (Å²) in [5.74, 6) is -1.17. The van der Waals surface area contributed by atoms with Gasteiger partial charge in [-0.25, -0.2) is 9.07 Å². The smallest absolute Gasteiger partial charge is 0.274 e. The first-order valence-electron chi connectivity index (χ1n) is 6.92. The molecule has 0 radical (unpaired) electrons. The van der Waals surface area contributed by atoms with E-state index in [0.717, 1.165) is 4.68 Å². The maximum absolute atomic E-state index is 14.0. The lowest BCUT2D eigenvalue weighted by Gasteiger charge is -2.25. The van der Waals surface area contributed by atoms with Crippen LogP contribution in [0.15, 0.2) is 24.4 Å². The van der Waals surface area contributed by atoms with E-state index in [1.807, 2.05) is 0 Å². The van der Waals surface area contributed by atoms with E-state index in [2.05, 4.69) is 15.6 Å². The van der Waals surface area contributed by atoms with Crippen LogP contribution < -0.4 is 5.32 Å². The predicted octanol–water partition coefficient (Wildman–Crippen LogP) is 0.941. The van der Waals surface area contributed by atoms with E-state index in [1.165, 1.54) is 18.3 Å². The number of nitrogens with one attached hydrogen (secondary N) is 1. The van der Waals surface area contributed by atoms with Crippen LogP contribution in [0.2, 0.25) is 5.02 Å². The number of nitrogens with zero attached hydrogens (tertiary/aromatic N) is 3. The van der Waals surface area contributed by atoms with Crippen molar-refractivity contribution in [3.05, 3.63) is 40.9 Å². The molecule has 122 valence electrons. The highest BCUT2D eigenvalue weighted by Gasteiger charge is 2.36. The lowest BCUT2D eigenvalue weighted by Crippen LogP contribution is -2.52. The van der Waals surface area contributed by atoms with E-state index >= 15 is 0 Å². The molecule has 3 rings (SSSR count). The molecule has 7 nitrogen and oxygen atoms in total. The van der Waals surface area contributed by atoms with Crippen LogP contribution in [0.1, 0.15) is 16.9 Å². The van der Waals surface area contributed by atoms with Crippen LogP contribution >= 0.6 is 11.6 Å². The Balaban J connectivity index is 1.81. The van der Waals surface area contributed by atoms with Gasteiger partial charge in [0, 0.05) is 6.61 Å². The van der Waals surface area contributed by atoms with Crippen molar-refractivity contribution in [2.24, 2.45) is 0 Å². The molecule has 1 aliphatic heterocycles. The summed E-state index contributed by atoms with van der Waals surface area (Å²) in [6.45, 7) is 0.448. The Labute approximate surface area is 136 Å². The minimum Gasteiger partial charge on any atom is -0.394 e. The zero-order valence-corrected chi connectivity index (χ0v) is 12.8. The fourth-order valence-corrected chi connectivity index (χ4v) is 2.50. The minimum atomic E-state index is -0.817. The lowest BCUT2D eigenvalue weighted by atomic mass is 10.00. The molecule has 0 spiro atoms. The van der Waals surface area contributed by atoms with Gasteiger partial charge in [-0.1, -0.05) is 22.9 Å². The molecule has 2 aromatic rings. The number of aliphatic hydroxyl groups excluding tert-OH is 1. The molecule has 0 saturated carbocycles. The molecule has 1 amide bonds. The van der Waals surface area contributed by atoms with Crippen molar-refractivity contribution in [3.8, 4) is 5.69 Å². The fraction of sp³-hybridized carbons (Fsp3) is 0.357. The highest BCUT2D eigenvalue weighted by atomic mass is 35.5. The van der Waals surface area contributed by atoms with Crippen LogP contribution in [0.4, 0.5) is 4.39 Å². The monoisotopic (exact) mass is 340 g/mol. The number of carbonyl (C=O) groups is 1. The van der Waals surface area contributed by atoms with Gasteiger partial charge >= 0.3 is 0 Å². The molecular weight excluding hydrogens is 327 g/mol. The second-order valence-corrected chi connectivity index (χ2v) is 5.72. The summed E-state index contributed by atoms with van der Waals surface area (Å²) >= 11 is 5.73. The van der Waals surface area contributed by atoms with Gasteiger partial charge in [0.2, 0.25) is 0 Å². The van der Waals surface area contributed by atoms with Crippen molar-refractivity contribution in [2.45, 2.75) is 12.0 Å². The van der Waals surface area contributed by atoms with Gasteiger partial charge in [-0.15, -0.1) is 5.10 Å². The van der Waals surface area contributed by atoms with Crippen molar-refractivity contribution in [1.82, 2.24) is 20.3 Å². The summed E-state index contributed by atoms with van der Waals surface area (Å²) in [7, 11) is 0. The van der Waals surface area contributed by atoms with Crippen molar-refractivity contribution in [1.29, 1.82) is 0 Å². The van der Waals surface area contributed by atoms with Gasteiger partial charge in [-0.2, -0.15) is 0 Å². The number of hydrogen-bond donors (Lipinski definition) is 2. The summed E-state index contributed by atoms with van der Waals surface area (Å²) in [5.41, 5.74) is -0.725. The molecule has 23 heavy (non-hydrogen) atoms. The molecule has 1 aromatic carbocycles. The third kappa shape index (κ3) is 3.05. The van der Waals surface area contributed by atoms with Crippen LogP contribution in [-0.2, 0) is 4.74 Å². The molecule has 1 unspecified atom stereocenters. The second kappa shape index (κ2) is 6.23. The number of benzene rings is 1. The number of rotatable bonds is 4. The van der Waals surface area contributed by atoms with Gasteiger partial charge in [-0.05, 0) is 18.6 Å². The first-order chi connectivity index (χ1) is 11.0. The Kier molecular flexibility index (Phi) is 4.29. The highest BCUT2D eigenvalue weighted by Crippen LogP contribution is 2.21. The first kappa shape index (κ1) is 15.9. The SMILES string of the molecule is O=C(NC1(CO)CCOC1)c1cn(-c2cccc(Cl)c2F)nn1. The van der Waals surface area contributed by atoms with Gasteiger partial charge in [-0.3, -0.25) is 4.79 Å². The van der Waals surface area contributed by atoms with Crippen LogP contribution in [0.25, 0.3) is 5.69 Å². The quantitative estimate of drug-likeness (QED) is 0.864. The summed E-state index contributed by atoms with van der Waals surface area (Å²) in [6, 6.07) is 4.45. The van der Waals surface area contributed by atoms with Crippen molar-refractivity contribution >= 4 is 17.5 Å². The largest absolute Gasteiger partial charge is 0.394 e. The fourth-order valence-electron chi connectivity index (χ4n) is 2.33. The predicted molar refractivity (Wildman–Crippen MR) is 79.0 cm³/mol. The van der Waals surface area contributed by atoms with Gasteiger partial charge in [0.05, 0.1) is 30.0 Å². The summed E-state index contributed by atoms with van der Waals surface area (Å²) in [4.78, 5) is 12.2. The van der Waals surface area contributed by atoms with Crippen LogP contribution in [-0.4, -0.2) is 51.4 Å². The topological polar surface area (TPSA) is 89.3 Å². The average molecular weight is 341 g/mol. The van der Waals surface area contributed by atoms with Crippen LogP contribution in [0.5, 0.6) is 0 Å². The summed E-state index contributed by atoms with van der Waals surface area (Å²) in [6.07, 6.45) is 1.80. The third-order valence-electron chi connectivity index (χ3n) is 3.69. The van der Waals surface area contributed by atoms with Gasteiger partial charge in [0.25, 0.3) is 5.91 Å². The molecule has 9 heteroatoms. The van der Waals surface area contributed by atoms with Crippen molar-refractivity contribution in [3.63, 3.8) is 0 Å². The molecule has 1 aliphatic rings. The maximum atomic E-state index is 14.0. The van der Waals surface area contributed by atoms with E-state index in [1.54, 1.807) is 6.07 Å². The van der Waals surface area contributed by atoms with Crippen LogP contribution in [0, 0.1) is 5.82 Å². The highest BCUT2D eigenvalue weighted by molar-refractivity contribution is 6.30. The molecule has 0 bridgehead atoms. The second-order valence-electron chi connectivity index (χ2n) is 5.32. The molecular formula is C14H14ClFN4O3. The Morgan fingerprint density at radius 1 is 1.57 bits per heavy atom. The van der Waals surface area contributed by atoms with Crippen molar-refractivity contribution in [2.75, 3.05) is 19.8 Å². The normalized spacial score (nSPS) is 20.7. The molecule has 2 heterocycles. The molecule has 1 fully saturated rings. The van der Waals surface area contributed by atoms with Gasteiger partial charge in [0.1, 0.15) is 5.69 Å². The molecule has 1 saturated heterocycles. The van der Waals surface area contributed by atoms with E-state index in [9.17, 15) is 14.3 Å². The number of halogens is 2. The Hall–Kier alpha value is -2.03. The molecule has 0 aliphatic carbocycles. The number of carbonyl (C=O) groups excluding carboxylic acids is 1. The average Bonchev–Trinajstić information content (AvgIpc) is 3.20. The molecule has 2 N–H and O–H groups in total. The van der Waals surface area contributed by atoms with Gasteiger partial charge < -0.3 is 15.2 Å². The van der Waals surface area contributed by atoms with Gasteiger partial charge in [0.15, 0.2) is 11.5 Å². The Bertz CT molecular complexity index is 731. The molecule has 1 atom stereocenters. The number of aliphatic hydroxyl groups is 1. The van der Waals surface area contributed by atoms with E-state index in [4.69, 9.17) is 16.3 Å². The Morgan fingerprint density at radius 3 is 3.09 bits per heavy atom. The zero-order chi connectivity index (χ0) is 16.4. The lowest BCUT2D eigenvalue weighted by molar-refractivity contribution is 0.0785. The number of hydrogen-bond acceptors (Lipinski definition) is 5. The minimum absolute atomic E-state index is 0.00380. The number of aromatic nitrogens is 3. The maximum Gasteiger partial charge on any atom is 0.274 e. The summed E-state index contributed by atoms with van der Waals surface area (Å²) < 4.78 is 20.3. The summed E-state index contributed by atoms with van der Waals surface area (Å²) in [5, 5.41) is 19.6. The van der Waals surface area contributed by atoms with Crippen LogP contribution in [0.3, 0.4) is 0 Å². The molecule has 1 aromatic heterocycles. The van der Waals surface area contributed by atoms with E-state index < -0.39 is 17.3 Å². The zero-order valence-electron chi connectivity index (χ0n) is 12.0. The van der Waals surface area contributed by atoms with E-state index in [0.29, 0.717) is 13.0 Å².